The van der Waals surface area contributed by atoms with Gasteiger partial charge in [-0.3, -0.25) is 10.1 Å². The molecule has 26 heavy (non-hydrogen) atoms. The maximum atomic E-state index is 10.7. The largest absolute Gasteiger partial charge is 0.493 e. The fourth-order valence-corrected chi connectivity index (χ4v) is 2.59. The molecule has 1 N–H and O–H groups in total. The third kappa shape index (κ3) is 4.60. The molecule has 138 valence electrons. The van der Waals surface area contributed by atoms with E-state index in [1.165, 1.54) is 12.1 Å². The molecule has 0 atom stereocenters. The Morgan fingerprint density at radius 1 is 1.19 bits per heavy atom. The Kier molecular flexibility index (Phi) is 6.35. The van der Waals surface area contributed by atoms with Gasteiger partial charge < -0.3 is 19.7 Å². The number of ether oxygens (including phenoxy) is 2. The van der Waals surface area contributed by atoms with E-state index in [1.54, 1.807) is 26.4 Å². The number of non-ortho nitro benzene ring substituents is 1. The molecule has 8 heteroatoms. The number of methoxy groups -OCH3 is 2. The maximum absolute atomic E-state index is 10.7. The summed E-state index contributed by atoms with van der Waals surface area (Å²) >= 11 is 5.42. The van der Waals surface area contributed by atoms with Crippen LogP contribution in [-0.2, 0) is 6.54 Å². The molecule has 0 saturated heterocycles. The first-order chi connectivity index (χ1) is 12.3. The van der Waals surface area contributed by atoms with E-state index in [4.69, 9.17) is 21.7 Å². The van der Waals surface area contributed by atoms with Gasteiger partial charge in [0, 0.05) is 31.4 Å². The van der Waals surface area contributed by atoms with Gasteiger partial charge in [0.15, 0.2) is 16.6 Å². The van der Waals surface area contributed by atoms with Gasteiger partial charge in [-0.1, -0.05) is 0 Å². The molecule has 0 bridgehead atoms. The number of benzene rings is 2. The minimum atomic E-state index is -0.436. The highest BCUT2D eigenvalue weighted by atomic mass is 32.1. The summed E-state index contributed by atoms with van der Waals surface area (Å²) in [4.78, 5) is 12.2. The van der Waals surface area contributed by atoms with E-state index in [0.29, 0.717) is 28.8 Å². The molecule has 0 aromatic heterocycles. The lowest BCUT2D eigenvalue weighted by Gasteiger charge is -2.23. The van der Waals surface area contributed by atoms with E-state index in [2.05, 4.69) is 5.32 Å². The van der Waals surface area contributed by atoms with Crippen LogP contribution >= 0.6 is 12.2 Å². The first kappa shape index (κ1) is 19.5. The molecule has 0 aliphatic rings. The Hall–Kier alpha value is -2.87. The minimum absolute atomic E-state index is 0.0378. The molecular weight excluding hydrogens is 354 g/mol. The van der Waals surface area contributed by atoms with Crippen LogP contribution in [0.15, 0.2) is 36.4 Å². The number of aryl methyl sites for hydroxylation is 1. The Balaban J connectivity index is 2.08. The van der Waals surface area contributed by atoms with E-state index in [9.17, 15) is 10.1 Å². The van der Waals surface area contributed by atoms with Gasteiger partial charge in [0.25, 0.3) is 5.69 Å². The first-order valence-corrected chi connectivity index (χ1v) is 8.24. The molecule has 0 radical (unpaired) electrons. The summed E-state index contributed by atoms with van der Waals surface area (Å²) in [7, 11) is 5.07. The second kappa shape index (κ2) is 8.48. The van der Waals surface area contributed by atoms with Crippen LogP contribution in [0.4, 0.5) is 11.4 Å². The van der Waals surface area contributed by atoms with E-state index < -0.39 is 4.92 Å². The number of nitro groups is 1. The predicted octanol–water partition coefficient (Wildman–Crippen LogP) is 3.75. The van der Waals surface area contributed by atoms with Gasteiger partial charge in [0.2, 0.25) is 0 Å². The van der Waals surface area contributed by atoms with Crippen LogP contribution in [0.3, 0.4) is 0 Å². The third-order valence-corrected chi connectivity index (χ3v) is 4.34. The van der Waals surface area contributed by atoms with Crippen molar-refractivity contribution in [3.05, 3.63) is 57.6 Å². The lowest BCUT2D eigenvalue weighted by Crippen LogP contribution is -2.30. The summed E-state index contributed by atoms with van der Waals surface area (Å²) < 4.78 is 10.7. The van der Waals surface area contributed by atoms with Crippen molar-refractivity contribution < 1.29 is 14.4 Å². The monoisotopic (exact) mass is 375 g/mol. The molecule has 0 aliphatic heterocycles. The fourth-order valence-electron chi connectivity index (χ4n) is 2.41. The molecule has 2 rings (SSSR count). The van der Waals surface area contributed by atoms with Crippen LogP contribution in [0.2, 0.25) is 0 Å². The average molecular weight is 375 g/mol. The van der Waals surface area contributed by atoms with Crippen molar-refractivity contribution in [3.63, 3.8) is 0 Å². The molecule has 0 heterocycles. The number of hydrogen-bond donors (Lipinski definition) is 1. The summed E-state index contributed by atoms with van der Waals surface area (Å²) in [5.74, 6) is 1.35. The second-order valence-electron chi connectivity index (χ2n) is 5.72. The zero-order valence-corrected chi connectivity index (χ0v) is 15.9. The van der Waals surface area contributed by atoms with E-state index >= 15 is 0 Å². The van der Waals surface area contributed by atoms with Crippen LogP contribution in [0.25, 0.3) is 0 Å². The smallest absolute Gasteiger partial charge is 0.269 e. The molecular formula is C18H21N3O4S. The van der Waals surface area contributed by atoms with Crippen molar-refractivity contribution in [2.45, 2.75) is 13.5 Å². The summed E-state index contributed by atoms with van der Waals surface area (Å²) in [5.41, 5.74) is 2.85. The number of rotatable bonds is 6. The van der Waals surface area contributed by atoms with Crippen molar-refractivity contribution in [1.29, 1.82) is 0 Å². The lowest BCUT2D eigenvalue weighted by atomic mass is 10.1. The topological polar surface area (TPSA) is 76.9 Å². The van der Waals surface area contributed by atoms with Crippen molar-refractivity contribution in [3.8, 4) is 11.5 Å². The van der Waals surface area contributed by atoms with Gasteiger partial charge in [0.05, 0.1) is 19.1 Å². The highest BCUT2D eigenvalue weighted by molar-refractivity contribution is 7.80. The number of nitrogens with zero attached hydrogens (tertiary/aromatic N) is 2. The molecule has 7 nitrogen and oxygen atoms in total. The molecule has 0 spiro atoms. The quantitative estimate of drug-likeness (QED) is 0.468. The number of nitro benzene ring substituents is 1. The van der Waals surface area contributed by atoms with Gasteiger partial charge in [-0.05, 0) is 54.5 Å². The SMILES string of the molecule is COc1cc(C)c(CN(C)C(=S)Nc2ccc([N+](=O)[O-])cc2)cc1OC. The highest BCUT2D eigenvalue weighted by Crippen LogP contribution is 2.30. The van der Waals surface area contributed by atoms with Crippen LogP contribution in [0.1, 0.15) is 11.1 Å². The fraction of sp³-hybridized carbons (Fsp3) is 0.278. The molecule has 0 unspecified atom stereocenters. The Morgan fingerprint density at radius 3 is 2.31 bits per heavy atom. The predicted molar refractivity (Wildman–Crippen MR) is 105 cm³/mol. The lowest BCUT2D eigenvalue weighted by molar-refractivity contribution is -0.384. The number of anilines is 1. The van der Waals surface area contributed by atoms with Crippen molar-refractivity contribution >= 4 is 28.7 Å². The molecule has 0 aliphatic carbocycles. The summed E-state index contributed by atoms with van der Waals surface area (Å²) in [6.45, 7) is 2.57. The van der Waals surface area contributed by atoms with E-state index in [-0.39, 0.29) is 5.69 Å². The molecule has 0 amide bonds. The van der Waals surface area contributed by atoms with Gasteiger partial charge in [-0.25, -0.2) is 0 Å². The van der Waals surface area contributed by atoms with Crippen LogP contribution in [0, 0.1) is 17.0 Å². The van der Waals surface area contributed by atoms with Gasteiger partial charge >= 0.3 is 0 Å². The first-order valence-electron chi connectivity index (χ1n) is 7.83. The molecule has 0 fully saturated rings. The molecule has 0 saturated carbocycles. The summed E-state index contributed by atoms with van der Waals surface area (Å²) in [6.07, 6.45) is 0. The standard InChI is InChI=1S/C18H21N3O4S/c1-12-9-16(24-3)17(25-4)10-13(12)11-20(2)18(26)19-14-5-7-15(8-6-14)21(22)23/h5-10H,11H2,1-4H3,(H,19,26). The highest BCUT2D eigenvalue weighted by Gasteiger charge is 2.12. The normalized spacial score (nSPS) is 10.2. The maximum Gasteiger partial charge on any atom is 0.269 e. The van der Waals surface area contributed by atoms with Gasteiger partial charge in [-0.2, -0.15) is 0 Å². The number of nitrogens with one attached hydrogen (secondary N) is 1. The van der Waals surface area contributed by atoms with E-state index in [1.807, 2.05) is 31.0 Å². The van der Waals surface area contributed by atoms with Crippen LogP contribution in [0.5, 0.6) is 11.5 Å². The summed E-state index contributed by atoms with van der Waals surface area (Å²) in [5, 5.41) is 14.3. The van der Waals surface area contributed by atoms with Crippen LogP contribution < -0.4 is 14.8 Å². The molecule has 2 aromatic rings. The van der Waals surface area contributed by atoms with Crippen molar-refractivity contribution in [2.24, 2.45) is 0 Å². The zero-order chi connectivity index (χ0) is 19.3. The molecule has 2 aromatic carbocycles. The summed E-state index contributed by atoms with van der Waals surface area (Å²) in [6, 6.07) is 9.97. The zero-order valence-electron chi connectivity index (χ0n) is 15.1. The van der Waals surface area contributed by atoms with Gasteiger partial charge in [-0.15, -0.1) is 0 Å². The number of thiocarbonyl (C=S) groups is 1. The Labute approximate surface area is 157 Å². The van der Waals surface area contributed by atoms with Crippen molar-refractivity contribution in [1.82, 2.24) is 4.90 Å². The second-order valence-corrected chi connectivity index (χ2v) is 6.11. The Morgan fingerprint density at radius 2 is 1.77 bits per heavy atom. The van der Waals surface area contributed by atoms with Gasteiger partial charge in [0.1, 0.15) is 0 Å². The minimum Gasteiger partial charge on any atom is -0.493 e. The average Bonchev–Trinajstić information content (AvgIpc) is 2.63. The Bertz CT molecular complexity index is 809. The van der Waals surface area contributed by atoms with Crippen LogP contribution in [-0.4, -0.2) is 36.2 Å². The third-order valence-electron chi connectivity index (χ3n) is 3.93. The van der Waals surface area contributed by atoms with E-state index in [0.717, 1.165) is 11.1 Å². The van der Waals surface area contributed by atoms with Crippen molar-refractivity contribution in [2.75, 3.05) is 26.6 Å². The number of hydrogen-bond acceptors (Lipinski definition) is 5.